The van der Waals surface area contributed by atoms with Crippen molar-refractivity contribution in [1.82, 2.24) is 20.0 Å². The minimum atomic E-state index is 0.0604. The Morgan fingerprint density at radius 3 is 2.52 bits per heavy atom. The molecule has 6 nitrogen and oxygen atoms in total. The average molecular weight is 335 g/mol. The van der Waals surface area contributed by atoms with Crippen molar-refractivity contribution in [3.8, 4) is 5.82 Å². The zero-order valence-corrected chi connectivity index (χ0v) is 14.5. The molecule has 2 aromatic heterocycles. The summed E-state index contributed by atoms with van der Waals surface area (Å²) in [6, 6.07) is 14.3. The number of benzene rings is 1. The maximum absolute atomic E-state index is 5.99. The second-order valence-corrected chi connectivity index (χ2v) is 6.31. The number of rotatable bonds is 3. The van der Waals surface area contributed by atoms with Gasteiger partial charge in [0.15, 0.2) is 11.6 Å². The molecule has 1 atom stereocenters. The number of morpholine rings is 1. The highest BCUT2D eigenvalue weighted by atomic mass is 16.5. The van der Waals surface area contributed by atoms with Crippen molar-refractivity contribution in [3.63, 3.8) is 0 Å². The molecular formula is C19H21N5O. The highest BCUT2D eigenvalue weighted by Crippen LogP contribution is 2.27. The van der Waals surface area contributed by atoms with Crippen molar-refractivity contribution in [1.29, 1.82) is 0 Å². The second-order valence-electron chi connectivity index (χ2n) is 6.31. The molecule has 0 amide bonds. The molecule has 0 spiro atoms. The van der Waals surface area contributed by atoms with Crippen LogP contribution in [0.25, 0.3) is 5.82 Å². The fraction of sp³-hybridized carbons (Fsp3) is 0.316. The monoisotopic (exact) mass is 335 g/mol. The Morgan fingerprint density at radius 2 is 1.80 bits per heavy atom. The first-order valence-electron chi connectivity index (χ1n) is 8.49. The van der Waals surface area contributed by atoms with Crippen LogP contribution in [0, 0.1) is 13.8 Å². The fourth-order valence-corrected chi connectivity index (χ4v) is 3.15. The van der Waals surface area contributed by atoms with Crippen LogP contribution in [0.3, 0.4) is 0 Å². The molecule has 25 heavy (non-hydrogen) atoms. The topological polar surface area (TPSA) is 56.1 Å². The van der Waals surface area contributed by atoms with E-state index < -0.39 is 0 Å². The van der Waals surface area contributed by atoms with Gasteiger partial charge in [-0.2, -0.15) is 5.10 Å². The third-order valence-electron chi connectivity index (χ3n) is 4.52. The van der Waals surface area contributed by atoms with E-state index in [0.29, 0.717) is 6.61 Å². The summed E-state index contributed by atoms with van der Waals surface area (Å²) in [6.07, 6.45) is 1.95. The van der Waals surface area contributed by atoms with Crippen LogP contribution in [-0.4, -0.2) is 39.7 Å². The van der Waals surface area contributed by atoms with Crippen molar-refractivity contribution in [2.24, 2.45) is 0 Å². The number of aromatic nitrogens is 4. The van der Waals surface area contributed by atoms with Gasteiger partial charge in [0.2, 0.25) is 0 Å². The number of nitrogens with zero attached hydrogens (tertiary/aromatic N) is 5. The molecule has 0 N–H and O–H groups in total. The molecule has 0 saturated carbocycles. The number of aryl methyl sites for hydroxylation is 2. The molecule has 1 saturated heterocycles. The summed E-state index contributed by atoms with van der Waals surface area (Å²) in [5.41, 5.74) is 3.45. The molecule has 0 radical (unpaired) electrons. The standard InChI is InChI=1S/C19H21N5O/c1-14-5-3-4-6-16(14)17-13-23(11-12-25-17)18-7-8-19(21-20-18)24-10-9-15(2)22-24/h3-10,17H,11-13H2,1-2H3. The van der Waals surface area contributed by atoms with Gasteiger partial charge in [-0.25, -0.2) is 4.68 Å². The summed E-state index contributed by atoms with van der Waals surface area (Å²) in [5.74, 6) is 1.59. The van der Waals surface area contributed by atoms with E-state index in [4.69, 9.17) is 4.74 Å². The number of ether oxygens (including phenoxy) is 1. The molecule has 3 aromatic rings. The van der Waals surface area contributed by atoms with Gasteiger partial charge in [0.05, 0.1) is 12.3 Å². The van der Waals surface area contributed by atoms with E-state index in [1.807, 2.05) is 31.3 Å². The zero-order chi connectivity index (χ0) is 17.2. The molecule has 1 fully saturated rings. The molecule has 1 aliphatic heterocycles. The van der Waals surface area contributed by atoms with E-state index in [1.54, 1.807) is 4.68 Å². The van der Waals surface area contributed by atoms with Crippen molar-refractivity contribution >= 4 is 5.82 Å². The van der Waals surface area contributed by atoms with Crippen LogP contribution in [0.5, 0.6) is 0 Å². The van der Waals surface area contributed by atoms with Gasteiger partial charge in [-0.3, -0.25) is 0 Å². The molecule has 0 aliphatic carbocycles. The lowest BCUT2D eigenvalue weighted by atomic mass is 10.0. The van der Waals surface area contributed by atoms with Crippen molar-refractivity contribution in [2.45, 2.75) is 20.0 Å². The van der Waals surface area contributed by atoms with E-state index in [9.17, 15) is 0 Å². The van der Waals surface area contributed by atoms with Crippen LogP contribution in [0.4, 0.5) is 5.82 Å². The normalized spacial score (nSPS) is 17.7. The largest absolute Gasteiger partial charge is 0.370 e. The molecule has 4 rings (SSSR count). The van der Waals surface area contributed by atoms with Crippen LogP contribution in [0.1, 0.15) is 22.9 Å². The quantitative estimate of drug-likeness (QED) is 0.737. The third kappa shape index (κ3) is 3.25. The van der Waals surface area contributed by atoms with Gasteiger partial charge >= 0.3 is 0 Å². The highest BCUT2D eigenvalue weighted by Gasteiger charge is 2.24. The molecule has 1 aliphatic rings. The molecule has 1 unspecified atom stereocenters. The van der Waals surface area contributed by atoms with Gasteiger partial charge in [0.25, 0.3) is 0 Å². The van der Waals surface area contributed by atoms with Gasteiger partial charge in [-0.1, -0.05) is 24.3 Å². The van der Waals surface area contributed by atoms with E-state index in [2.05, 4.69) is 51.4 Å². The molecule has 6 heteroatoms. The zero-order valence-electron chi connectivity index (χ0n) is 14.5. The Balaban J connectivity index is 1.52. The van der Waals surface area contributed by atoms with Gasteiger partial charge < -0.3 is 9.64 Å². The fourth-order valence-electron chi connectivity index (χ4n) is 3.15. The maximum Gasteiger partial charge on any atom is 0.175 e. The van der Waals surface area contributed by atoms with Crippen LogP contribution in [-0.2, 0) is 4.74 Å². The molecule has 128 valence electrons. The summed E-state index contributed by atoms with van der Waals surface area (Å²) < 4.78 is 7.73. The highest BCUT2D eigenvalue weighted by molar-refractivity contribution is 5.41. The number of hydrogen-bond acceptors (Lipinski definition) is 5. The van der Waals surface area contributed by atoms with E-state index >= 15 is 0 Å². The smallest absolute Gasteiger partial charge is 0.175 e. The lowest BCUT2D eigenvalue weighted by Gasteiger charge is -2.34. The summed E-state index contributed by atoms with van der Waals surface area (Å²) in [7, 11) is 0. The molecular weight excluding hydrogens is 314 g/mol. The van der Waals surface area contributed by atoms with E-state index in [0.717, 1.165) is 30.4 Å². The van der Waals surface area contributed by atoms with Crippen LogP contribution < -0.4 is 4.90 Å². The maximum atomic E-state index is 5.99. The van der Waals surface area contributed by atoms with Crippen LogP contribution in [0.15, 0.2) is 48.7 Å². The van der Waals surface area contributed by atoms with Crippen LogP contribution in [0.2, 0.25) is 0 Å². The van der Waals surface area contributed by atoms with Gasteiger partial charge in [0.1, 0.15) is 6.10 Å². The second kappa shape index (κ2) is 6.64. The molecule has 3 heterocycles. The Hall–Kier alpha value is -2.73. The van der Waals surface area contributed by atoms with Crippen LogP contribution >= 0.6 is 0 Å². The Kier molecular flexibility index (Phi) is 4.19. The number of hydrogen-bond donors (Lipinski definition) is 0. The predicted molar refractivity (Wildman–Crippen MR) is 96.0 cm³/mol. The Morgan fingerprint density at radius 1 is 1.00 bits per heavy atom. The minimum Gasteiger partial charge on any atom is -0.370 e. The summed E-state index contributed by atoms with van der Waals surface area (Å²) in [4.78, 5) is 2.23. The summed E-state index contributed by atoms with van der Waals surface area (Å²) in [5, 5.41) is 13.1. The lowest BCUT2D eigenvalue weighted by molar-refractivity contribution is 0.0391. The Bertz CT molecular complexity index is 858. The third-order valence-corrected chi connectivity index (χ3v) is 4.52. The minimum absolute atomic E-state index is 0.0604. The van der Waals surface area contributed by atoms with Crippen molar-refractivity contribution in [3.05, 3.63) is 65.5 Å². The van der Waals surface area contributed by atoms with Crippen molar-refractivity contribution in [2.75, 3.05) is 24.6 Å². The number of anilines is 1. The lowest BCUT2D eigenvalue weighted by Crippen LogP contribution is -2.39. The first-order chi connectivity index (χ1) is 12.2. The molecule has 1 aromatic carbocycles. The predicted octanol–water partition coefficient (Wildman–Crippen LogP) is 2.86. The summed E-state index contributed by atoms with van der Waals surface area (Å²) >= 11 is 0. The first-order valence-corrected chi connectivity index (χ1v) is 8.49. The average Bonchev–Trinajstić information content (AvgIpc) is 3.09. The molecule has 0 bridgehead atoms. The first kappa shape index (κ1) is 15.8. The SMILES string of the molecule is Cc1ccn(-c2ccc(N3CCOC(c4ccccc4C)C3)nn2)n1. The Labute approximate surface area is 147 Å². The van der Waals surface area contributed by atoms with E-state index in [1.165, 1.54) is 11.1 Å². The van der Waals surface area contributed by atoms with Crippen molar-refractivity contribution < 1.29 is 4.74 Å². The summed E-state index contributed by atoms with van der Waals surface area (Å²) in [6.45, 7) is 6.36. The van der Waals surface area contributed by atoms with E-state index in [-0.39, 0.29) is 6.10 Å². The van der Waals surface area contributed by atoms with Gasteiger partial charge in [-0.15, -0.1) is 10.2 Å². The van der Waals surface area contributed by atoms with Gasteiger partial charge in [0, 0.05) is 19.3 Å². The van der Waals surface area contributed by atoms with Gasteiger partial charge in [-0.05, 0) is 43.2 Å².